The van der Waals surface area contributed by atoms with Crippen LogP contribution in [0.2, 0.25) is 0 Å². The van der Waals surface area contributed by atoms with Crippen molar-refractivity contribution in [2.45, 2.75) is 44.1 Å². The molecule has 0 amide bonds. The Bertz CT molecular complexity index is 228. The zero-order chi connectivity index (χ0) is 9.76. The van der Waals surface area contributed by atoms with E-state index in [0.29, 0.717) is 12.5 Å². The van der Waals surface area contributed by atoms with Crippen molar-refractivity contribution >= 4 is 0 Å². The molecular formula is C12H21NO. The SMILES string of the molecule is NCC1(O)CC2CC3CC(C2)CC1C3. The molecule has 4 aliphatic carbocycles. The molecular weight excluding hydrogens is 174 g/mol. The van der Waals surface area contributed by atoms with Crippen LogP contribution >= 0.6 is 0 Å². The van der Waals surface area contributed by atoms with Gasteiger partial charge in [-0.25, -0.2) is 0 Å². The first-order valence-electron chi connectivity index (χ1n) is 6.12. The summed E-state index contributed by atoms with van der Waals surface area (Å²) in [5.74, 6) is 3.12. The lowest BCUT2D eigenvalue weighted by Gasteiger charge is -2.40. The summed E-state index contributed by atoms with van der Waals surface area (Å²) in [6.07, 6.45) is 7.67. The van der Waals surface area contributed by atoms with E-state index in [0.717, 1.165) is 24.2 Å². The Hall–Kier alpha value is -0.0800. The van der Waals surface area contributed by atoms with Crippen molar-refractivity contribution in [1.82, 2.24) is 0 Å². The second kappa shape index (κ2) is 2.96. The molecule has 3 N–H and O–H groups in total. The number of rotatable bonds is 1. The zero-order valence-electron chi connectivity index (χ0n) is 8.78. The van der Waals surface area contributed by atoms with Gasteiger partial charge < -0.3 is 10.8 Å². The molecule has 3 unspecified atom stereocenters. The van der Waals surface area contributed by atoms with Crippen molar-refractivity contribution in [2.75, 3.05) is 6.54 Å². The Balaban J connectivity index is 1.93. The Labute approximate surface area is 85.9 Å². The van der Waals surface area contributed by atoms with Gasteiger partial charge in [-0.1, -0.05) is 0 Å². The first kappa shape index (κ1) is 9.17. The predicted molar refractivity (Wildman–Crippen MR) is 55.7 cm³/mol. The molecule has 4 rings (SSSR count). The second-order valence-corrected chi connectivity index (χ2v) is 5.99. The second-order valence-electron chi connectivity index (χ2n) is 5.99. The van der Waals surface area contributed by atoms with Gasteiger partial charge in [0.05, 0.1) is 5.60 Å². The summed E-state index contributed by atoms with van der Waals surface area (Å²) in [5, 5.41) is 10.5. The molecule has 0 spiro atoms. The summed E-state index contributed by atoms with van der Waals surface area (Å²) in [7, 11) is 0. The lowest BCUT2D eigenvalue weighted by molar-refractivity contribution is -0.0309. The van der Waals surface area contributed by atoms with Gasteiger partial charge in [-0.15, -0.1) is 0 Å². The zero-order valence-corrected chi connectivity index (χ0v) is 8.78. The van der Waals surface area contributed by atoms with Gasteiger partial charge in [-0.05, 0) is 62.2 Å². The van der Waals surface area contributed by atoms with Crippen LogP contribution in [0.4, 0.5) is 0 Å². The summed E-state index contributed by atoms with van der Waals surface area (Å²) in [4.78, 5) is 0. The van der Waals surface area contributed by atoms with Crippen LogP contribution in [-0.4, -0.2) is 17.3 Å². The Kier molecular flexibility index (Phi) is 1.94. The van der Waals surface area contributed by atoms with Crippen LogP contribution in [0.1, 0.15) is 38.5 Å². The molecule has 0 saturated heterocycles. The van der Waals surface area contributed by atoms with Crippen LogP contribution in [0.5, 0.6) is 0 Å². The van der Waals surface area contributed by atoms with E-state index >= 15 is 0 Å². The minimum atomic E-state index is -0.505. The fourth-order valence-electron chi connectivity index (χ4n) is 4.51. The Morgan fingerprint density at radius 2 is 1.57 bits per heavy atom. The van der Waals surface area contributed by atoms with Crippen molar-refractivity contribution in [1.29, 1.82) is 0 Å². The van der Waals surface area contributed by atoms with Crippen LogP contribution in [0, 0.1) is 23.7 Å². The minimum absolute atomic E-state index is 0.480. The first-order chi connectivity index (χ1) is 6.69. The van der Waals surface area contributed by atoms with Gasteiger partial charge in [-0.3, -0.25) is 0 Å². The van der Waals surface area contributed by atoms with Crippen LogP contribution in [0.25, 0.3) is 0 Å². The van der Waals surface area contributed by atoms with E-state index in [4.69, 9.17) is 5.73 Å². The quantitative estimate of drug-likeness (QED) is 0.666. The molecule has 2 heteroatoms. The number of aliphatic hydroxyl groups is 1. The van der Waals surface area contributed by atoms with Crippen LogP contribution in [0.15, 0.2) is 0 Å². The third-order valence-corrected chi connectivity index (χ3v) is 4.99. The molecule has 4 saturated carbocycles. The van der Waals surface area contributed by atoms with Gasteiger partial charge in [0.15, 0.2) is 0 Å². The van der Waals surface area contributed by atoms with E-state index in [2.05, 4.69) is 0 Å². The largest absolute Gasteiger partial charge is 0.388 e. The summed E-state index contributed by atoms with van der Waals surface area (Å²) in [6, 6.07) is 0. The van der Waals surface area contributed by atoms with E-state index in [-0.39, 0.29) is 0 Å². The first-order valence-corrected chi connectivity index (χ1v) is 6.12. The van der Waals surface area contributed by atoms with Crippen molar-refractivity contribution in [2.24, 2.45) is 29.4 Å². The van der Waals surface area contributed by atoms with Gasteiger partial charge in [-0.2, -0.15) is 0 Å². The van der Waals surface area contributed by atoms with Crippen molar-refractivity contribution in [3.63, 3.8) is 0 Å². The number of fused-ring (bicyclic) bond motifs is 1. The van der Waals surface area contributed by atoms with Gasteiger partial charge >= 0.3 is 0 Å². The van der Waals surface area contributed by atoms with Crippen molar-refractivity contribution < 1.29 is 5.11 Å². The molecule has 0 heterocycles. The third kappa shape index (κ3) is 1.24. The standard InChI is InChI=1S/C12H21NO/c13-7-12(14)6-10-2-8-1-9(3-10)5-11(12)4-8/h8-11,14H,1-7,13H2. The Morgan fingerprint density at radius 1 is 1.00 bits per heavy atom. The Morgan fingerprint density at radius 3 is 2.14 bits per heavy atom. The fraction of sp³-hybridized carbons (Fsp3) is 1.00. The highest BCUT2D eigenvalue weighted by molar-refractivity contribution is 5.01. The molecule has 0 aliphatic heterocycles. The molecule has 80 valence electrons. The van der Waals surface area contributed by atoms with Gasteiger partial charge in [0.1, 0.15) is 0 Å². The van der Waals surface area contributed by atoms with E-state index in [1.165, 1.54) is 32.1 Å². The topological polar surface area (TPSA) is 46.2 Å². The smallest absolute Gasteiger partial charge is 0.0800 e. The molecule has 3 atom stereocenters. The summed E-state index contributed by atoms with van der Waals surface area (Å²) < 4.78 is 0. The lowest BCUT2D eigenvalue weighted by Crippen LogP contribution is -2.45. The van der Waals surface area contributed by atoms with E-state index in [9.17, 15) is 5.11 Å². The molecule has 0 aromatic carbocycles. The normalized spacial score (nSPS) is 56.1. The number of nitrogens with two attached hydrogens (primary N) is 1. The molecule has 14 heavy (non-hydrogen) atoms. The molecule has 0 aromatic heterocycles. The van der Waals surface area contributed by atoms with Gasteiger partial charge in [0.2, 0.25) is 0 Å². The average Bonchev–Trinajstić information content (AvgIpc) is 2.29. The van der Waals surface area contributed by atoms with Crippen LogP contribution in [-0.2, 0) is 0 Å². The summed E-state index contributed by atoms with van der Waals surface area (Å²) >= 11 is 0. The highest BCUT2D eigenvalue weighted by Gasteiger charge is 2.49. The third-order valence-electron chi connectivity index (χ3n) is 4.99. The van der Waals surface area contributed by atoms with Crippen molar-refractivity contribution in [3.05, 3.63) is 0 Å². The molecule has 2 nitrogen and oxygen atoms in total. The number of hydrogen-bond acceptors (Lipinski definition) is 2. The predicted octanol–water partition coefficient (Wildman–Crippen LogP) is 1.52. The maximum absolute atomic E-state index is 10.5. The molecule has 0 aromatic rings. The van der Waals surface area contributed by atoms with Gasteiger partial charge in [0.25, 0.3) is 0 Å². The monoisotopic (exact) mass is 195 g/mol. The molecule has 4 fully saturated rings. The molecule has 4 bridgehead atoms. The highest BCUT2D eigenvalue weighted by atomic mass is 16.3. The number of hydrogen-bond donors (Lipinski definition) is 2. The van der Waals surface area contributed by atoms with Gasteiger partial charge in [0, 0.05) is 6.54 Å². The van der Waals surface area contributed by atoms with E-state index in [1.807, 2.05) is 0 Å². The van der Waals surface area contributed by atoms with Crippen LogP contribution < -0.4 is 5.73 Å². The minimum Gasteiger partial charge on any atom is -0.388 e. The maximum Gasteiger partial charge on any atom is 0.0800 e. The molecule has 4 aliphatic rings. The summed E-state index contributed by atoms with van der Waals surface area (Å²) in [5.41, 5.74) is 5.27. The lowest BCUT2D eigenvalue weighted by atomic mass is 9.67. The maximum atomic E-state index is 10.5. The van der Waals surface area contributed by atoms with Crippen LogP contribution in [0.3, 0.4) is 0 Å². The fourth-order valence-corrected chi connectivity index (χ4v) is 4.51. The summed E-state index contributed by atoms with van der Waals surface area (Å²) in [6.45, 7) is 0.480. The van der Waals surface area contributed by atoms with E-state index < -0.39 is 5.60 Å². The molecule has 0 radical (unpaired) electrons. The highest BCUT2D eigenvalue weighted by Crippen LogP contribution is 2.54. The van der Waals surface area contributed by atoms with E-state index in [1.54, 1.807) is 0 Å². The van der Waals surface area contributed by atoms with Crippen molar-refractivity contribution in [3.8, 4) is 0 Å². The average molecular weight is 195 g/mol.